The average Bonchev–Trinajstić information content (AvgIpc) is 3.39. The van der Waals surface area contributed by atoms with Gasteiger partial charge in [-0.3, -0.25) is 15.0 Å². The lowest BCUT2D eigenvalue weighted by Crippen LogP contribution is -2.44. The summed E-state index contributed by atoms with van der Waals surface area (Å²) in [6.45, 7) is 8.02. The number of nitrogens with zero attached hydrogens (tertiary/aromatic N) is 3. The summed E-state index contributed by atoms with van der Waals surface area (Å²) in [5, 5.41) is 16.7. The molecule has 3 aromatic rings. The number of carbonyl (C=O) groups is 2. The minimum absolute atomic E-state index is 0.0141. The Kier molecular flexibility index (Phi) is 11.6. The third-order valence-electron chi connectivity index (χ3n) is 8.42. The lowest BCUT2D eigenvalue weighted by Gasteiger charge is -2.24. The van der Waals surface area contributed by atoms with Crippen LogP contribution in [-0.4, -0.2) is 45.3 Å². The molecule has 1 amide bonds. The minimum Gasteiger partial charge on any atom is -0.479 e. The first-order chi connectivity index (χ1) is 23.9. The van der Waals surface area contributed by atoms with E-state index in [4.69, 9.17) is 20.4 Å². The fraction of sp³-hybridized carbons (Fsp3) is 0.364. The van der Waals surface area contributed by atoms with Gasteiger partial charge in [0.05, 0.1) is 23.1 Å². The van der Waals surface area contributed by atoms with Crippen LogP contribution in [0.3, 0.4) is 0 Å². The number of hydrogen-bond acceptors (Lipinski definition) is 8. The van der Waals surface area contributed by atoms with Crippen LogP contribution in [0.15, 0.2) is 40.3 Å². The fourth-order valence-electron chi connectivity index (χ4n) is 5.89. The summed E-state index contributed by atoms with van der Waals surface area (Å²) in [6, 6.07) is 4.01. The van der Waals surface area contributed by atoms with Crippen LogP contribution in [0.5, 0.6) is 5.75 Å². The number of guanidine groups is 1. The van der Waals surface area contributed by atoms with Crippen LogP contribution in [0.1, 0.15) is 64.9 Å². The zero-order chi connectivity index (χ0) is 37.8. The van der Waals surface area contributed by atoms with Crippen molar-refractivity contribution in [3.8, 4) is 5.75 Å². The van der Waals surface area contributed by atoms with Crippen molar-refractivity contribution in [2.24, 2.45) is 5.11 Å². The number of hydrogen-bond donors (Lipinski definition) is 4. The van der Waals surface area contributed by atoms with E-state index in [9.17, 15) is 35.6 Å². The maximum atomic E-state index is 14.1. The van der Waals surface area contributed by atoms with E-state index in [1.807, 2.05) is 20.8 Å². The van der Waals surface area contributed by atoms with Crippen LogP contribution in [-0.2, 0) is 31.8 Å². The number of Topliss-reactive ketones (excluding diaryl/α,β-unsaturated/α-hetero) is 1. The molecule has 0 aliphatic carbocycles. The molecular formula is C33H35F4N7O6S. The maximum absolute atomic E-state index is 14.1. The van der Waals surface area contributed by atoms with Gasteiger partial charge in [0.1, 0.15) is 6.61 Å². The van der Waals surface area contributed by atoms with Crippen LogP contribution in [0, 0.1) is 49.4 Å². The molecule has 0 aromatic heterocycles. The van der Waals surface area contributed by atoms with Crippen molar-refractivity contribution < 1.29 is 45.0 Å². The molecule has 1 aliphatic heterocycles. The molecule has 4 rings (SSSR count). The molecule has 0 unspecified atom stereocenters. The summed E-state index contributed by atoms with van der Waals surface area (Å²) < 4.78 is 95.4. The number of azide groups is 1. The first-order valence-corrected chi connectivity index (χ1v) is 16.9. The monoisotopic (exact) mass is 733 g/mol. The molecular weight excluding hydrogens is 698 g/mol. The van der Waals surface area contributed by atoms with Crippen molar-refractivity contribution in [1.82, 2.24) is 15.4 Å². The number of halogens is 4. The molecule has 1 atom stereocenters. The van der Waals surface area contributed by atoms with Gasteiger partial charge >= 0.3 is 0 Å². The quantitative estimate of drug-likeness (QED) is 0.0245. The highest BCUT2D eigenvalue weighted by molar-refractivity contribution is 7.90. The van der Waals surface area contributed by atoms with Gasteiger partial charge in [0, 0.05) is 28.8 Å². The number of ether oxygens (including phenoxy) is 2. The largest absolute Gasteiger partial charge is 0.479 e. The number of fused-ring (bicyclic) bond motifs is 1. The predicted molar refractivity (Wildman–Crippen MR) is 177 cm³/mol. The first-order valence-electron chi connectivity index (χ1n) is 15.5. The van der Waals surface area contributed by atoms with Gasteiger partial charge in [0.2, 0.25) is 17.6 Å². The Morgan fingerprint density at radius 1 is 1.08 bits per heavy atom. The Morgan fingerprint density at radius 2 is 1.75 bits per heavy atom. The van der Waals surface area contributed by atoms with E-state index in [-0.39, 0.29) is 48.2 Å². The molecule has 272 valence electrons. The van der Waals surface area contributed by atoms with E-state index in [0.717, 1.165) is 16.7 Å². The van der Waals surface area contributed by atoms with Crippen molar-refractivity contribution in [3.05, 3.63) is 97.4 Å². The topological polar surface area (TPSA) is 195 Å². The van der Waals surface area contributed by atoms with Crippen molar-refractivity contribution in [2.45, 2.75) is 70.6 Å². The molecule has 13 nitrogen and oxygen atoms in total. The Bertz CT molecular complexity index is 2040. The van der Waals surface area contributed by atoms with Crippen LogP contribution in [0.2, 0.25) is 0 Å². The molecule has 0 spiro atoms. The van der Waals surface area contributed by atoms with Crippen molar-refractivity contribution in [2.75, 3.05) is 13.2 Å². The van der Waals surface area contributed by atoms with Gasteiger partial charge < -0.3 is 20.1 Å². The van der Waals surface area contributed by atoms with Crippen LogP contribution < -0.4 is 20.1 Å². The maximum Gasteiger partial charge on any atom is 0.264 e. The van der Waals surface area contributed by atoms with Gasteiger partial charge in [-0.2, -0.15) is 8.78 Å². The van der Waals surface area contributed by atoms with E-state index in [2.05, 4.69) is 25.4 Å². The van der Waals surface area contributed by atoms with Gasteiger partial charge in [-0.15, -0.1) is 0 Å². The smallest absolute Gasteiger partial charge is 0.264 e. The Morgan fingerprint density at radius 3 is 2.39 bits per heavy atom. The summed E-state index contributed by atoms with van der Waals surface area (Å²) in [4.78, 5) is 28.8. The number of ketones is 1. The molecule has 51 heavy (non-hydrogen) atoms. The Labute approximate surface area is 290 Å². The molecule has 0 bridgehead atoms. The van der Waals surface area contributed by atoms with E-state index >= 15 is 0 Å². The normalized spacial score (nSPS) is 13.8. The zero-order valence-electron chi connectivity index (χ0n) is 28.2. The van der Waals surface area contributed by atoms with Gasteiger partial charge in [0.25, 0.3) is 15.9 Å². The second-order valence-electron chi connectivity index (χ2n) is 12.2. The highest BCUT2D eigenvalue weighted by atomic mass is 32.2. The fourth-order valence-corrected chi connectivity index (χ4v) is 7.42. The third-order valence-corrected chi connectivity index (χ3v) is 10.0. The standard InChI is InChI=1S/C33H35F4N7O6S/c1-16-17(2)30(18(3)21-14-50-33(4,5)26(16)21)51(47,48)43-32(38)40-11-7-10-24(41-31(46)19-8-6-9-20(12-19)42-44-39)25(45)15-49-29-27(36)22(34)13-23(35)28(29)37/h6,8-9,12-13,24H,7,10-11,14-15H2,1-5H3,(H,41,46)(H3,38,40,43)/t24-/m0/s1. The molecule has 4 N–H and O–H groups in total. The lowest BCUT2D eigenvalue weighted by atomic mass is 9.87. The van der Waals surface area contributed by atoms with Gasteiger partial charge in [-0.25, -0.2) is 21.9 Å². The molecule has 1 heterocycles. The predicted octanol–water partition coefficient (Wildman–Crippen LogP) is 5.90. The zero-order valence-corrected chi connectivity index (χ0v) is 29.0. The number of rotatable bonds is 13. The second kappa shape index (κ2) is 15.4. The summed E-state index contributed by atoms with van der Waals surface area (Å²) in [5.41, 5.74) is 11.6. The molecule has 0 saturated carbocycles. The first kappa shape index (κ1) is 38.6. The Balaban J connectivity index is 1.45. The van der Waals surface area contributed by atoms with Crippen LogP contribution in [0.4, 0.5) is 23.2 Å². The molecule has 0 radical (unpaired) electrons. The number of nitrogens with one attached hydrogen (secondary N) is 4. The third kappa shape index (κ3) is 8.41. The average molecular weight is 734 g/mol. The summed E-state index contributed by atoms with van der Waals surface area (Å²) in [6.07, 6.45) is -0.142. The van der Waals surface area contributed by atoms with Crippen LogP contribution in [0.25, 0.3) is 10.4 Å². The summed E-state index contributed by atoms with van der Waals surface area (Å²) >= 11 is 0. The van der Waals surface area contributed by atoms with Crippen molar-refractivity contribution >= 4 is 33.4 Å². The highest BCUT2D eigenvalue weighted by Crippen LogP contribution is 2.43. The van der Waals surface area contributed by atoms with Crippen molar-refractivity contribution in [3.63, 3.8) is 0 Å². The van der Waals surface area contributed by atoms with E-state index in [1.165, 1.54) is 24.3 Å². The van der Waals surface area contributed by atoms with E-state index in [1.54, 1.807) is 13.8 Å². The minimum atomic E-state index is -4.24. The molecule has 18 heteroatoms. The highest BCUT2D eigenvalue weighted by Gasteiger charge is 2.37. The summed E-state index contributed by atoms with van der Waals surface area (Å²) in [7, 11) is -4.24. The summed E-state index contributed by atoms with van der Waals surface area (Å²) in [5.74, 6) is -11.0. The van der Waals surface area contributed by atoms with Gasteiger partial charge in [0.15, 0.2) is 23.2 Å². The van der Waals surface area contributed by atoms with E-state index < -0.39 is 74.9 Å². The molecule has 1 aliphatic rings. The van der Waals surface area contributed by atoms with Crippen molar-refractivity contribution in [1.29, 1.82) is 5.41 Å². The van der Waals surface area contributed by atoms with Gasteiger partial charge in [-0.1, -0.05) is 17.2 Å². The number of amides is 1. The van der Waals surface area contributed by atoms with Crippen LogP contribution >= 0.6 is 0 Å². The number of benzene rings is 3. The Hall–Kier alpha value is -5.19. The van der Waals surface area contributed by atoms with E-state index in [0.29, 0.717) is 11.1 Å². The lowest BCUT2D eigenvalue weighted by molar-refractivity contribution is -0.123. The SMILES string of the molecule is Cc1c(C)c(S(=O)(=O)NC(=N)NCCC[C@H](NC(=O)c2cccc(N=[N+]=[N-])c2)C(=O)COc2c(F)c(F)cc(F)c2F)c(C)c2c1C(C)(C)OC2. The van der Waals surface area contributed by atoms with Gasteiger partial charge in [-0.05, 0) is 92.9 Å². The number of sulfonamides is 1. The molecule has 3 aromatic carbocycles. The second-order valence-corrected chi connectivity index (χ2v) is 13.8. The molecule has 0 saturated heterocycles. The molecule has 0 fully saturated rings. The number of carbonyl (C=O) groups excluding carboxylic acids is 2.